The van der Waals surface area contributed by atoms with Crippen LogP contribution >= 0.6 is 12.2 Å². The zero-order valence-corrected chi connectivity index (χ0v) is 19.2. The van der Waals surface area contributed by atoms with E-state index in [2.05, 4.69) is 9.97 Å². The predicted octanol–water partition coefficient (Wildman–Crippen LogP) is 3.35. The summed E-state index contributed by atoms with van der Waals surface area (Å²) < 4.78 is 86.4. The van der Waals surface area contributed by atoms with Crippen LogP contribution in [-0.2, 0) is 24.5 Å². The van der Waals surface area contributed by atoms with Crippen molar-refractivity contribution in [3.63, 3.8) is 0 Å². The summed E-state index contributed by atoms with van der Waals surface area (Å²) in [6.45, 7) is -2.43. The monoisotopic (exact) mass is 531 g/mol. The number of aromatic nitrogens is 4. The van der Waals surface area contributed by atoms with E-state index in [1.165, 1.54) is 19.2 Å². The van der Waals surface area contributed by atoms with Gasteiger partial charge in [-0.05, 0) is 18.3 Å². The van der Waals surface area contributed by atoms with E-state index in [-0.39, 0.29) is 37.3 Å². The highest BCUT2D eigenvalue weighted by Crippen LogP contribution is 2.27. The molecule has 3 aromatic heterocycles. The molecule has 4 aromatic rings. The molecule has 1 unspecified atom stereocenters. The number of rotatable bonds is 5. The highest BCUT2D eigenvalue weighted by atomic mass is 32.2. The average molecular weight is 531 g/mol. The fourth-order valence-corrected chi connectivity index (χ4v) is 4.29. The largest absolute Gasteiger partial charge is 0.593 e. The van der Waals surface area contributed by atoms with Crippen LogP contribution < -0.4 is 15.4 Å². The van der Waals surface area contributed by atoms with Crippen LogP contribution in [0.4, 0.5) is 22.0 Å². The van der Waals surface area contributed by atoms with Crippen LogP contribution in [-0.4, -0.2) is 36.9 Å². The van der Waals surface area contributed by atoms with E-state index in [4.69, 9.17) is 22.1 Å². The van der Waals surface area contributed by atoms with E-state index in [0.717, 1.165) is 22.9 Å². The summed E-state index contributed by atoms with van der Waals surface area (Å²) in [6, 6.07) is 4.36. The van der Waals surface area contributed by atoms with Gasteiger partial charge in [-0.25, -0.2) is 13.8 Å². The Balaban J connectivity index is 2.08. The van der Waals surface area contributed by atoms with Crippen LogP contribution in [0.3, 0.4) is 0 Å². The summed E-state index contributed by atoms with van der Waals surface area (Å²) in [5.41, 5.74) is -1.65. The van der Waals surface area contributed by atoms with E-state index < -0.39 is 58.2 Å². The van der Waals surface area contributed by atoms with Crippen molar-refractivity contribution in [1.29, 1.82) is 0 Å². The van der Waals surface area contributed by atoms with Crippen molar-refractivity contribution in [2.24, 2.45) is 5.14 Å². The zero-order valence-electron chi connectivity index (χ0n) is 17.6. The van der Waals surface area contributed by atoms with Gasteiger partial charge in [-0.15, -0.1) is 5.14 Å². The summed E-state index contributed by atoms with van der Waals surface area (Å²) in [5.74, 6) is -2.14. The van der Waals surface area contributed by atoms with Crippen molar-refractivity contribution in [3.8, 4) is 5.88 Å². The van der Waals surface area contributed by atoms with Crippen LogP contribution in [0.15, 0.2) is 40.2 Å². The predicted molar refractivity (Wildman–Crippen MR) is 119 cm³/mol. The molecule has 0 saturated heterocycles. The van der Waals surface area contributed by atoms with E-state index in [1.807, 2.05) is 0 Å². The molecular weight excluding hydrogens is 517 g/mol. The Morgan fingerprint density at radius 1 is 1.17 bits per heavy atom. The van der Waals surface area contributed by atoms with Crippen LogP contribution in [0.2, 0.25) is 0 Å². The molecule has 0 amide bonds. The fourth-order valence-electron chi connectivity index (χ4n) is 3.55. The Kier molecular flexibility index (Phi) is 6.52. The molecule has 0 saturated carbocycles. The third-order valence-corrected chi connectivity index (χ3v) is 6.23. The molecule has 0 aliphatic heterocycles. The molecule has 0 aliphatic carbocycles. The summed E-state index contributed by atoms with van der Waals surface area (Å²) in [5, 5.41) is 5.09. The molecule has 184 valence electrons. The first-order valence-corrected chi connectivity index (χ1v) is 11.2. The SMILES string of the molecule is COc1ccc2c(ncc3c(=O)n(CC(F)(F)F)c(=S)n(Cc4c(F)cc([S+](N)[O-])cc4F)c32)n1. The number of nitrogens with zero attached hydrogens (tertiary/aromatic N) is 4. The third kappa shape index (κ3) is 4.71. The molecule has 2 N–H and O–H groups in total. The normalized spacial score (nSPS) is 12.9. The second kappa shape index (κ2) is 9.14. The highest BCUT2D eigenvalue weighted by Gasteiger charge is 2.30. The van der Waals surface area contributed by atoms with Gasteiger partial charge in [0, 0.05) is 35.3 Å². The van der Waals surface area contributed by atoms with Gasteiger partial charge < -0.3 is 13.9 Å². The number of benzene rings is 1. The van der Waals surface area contributed by atoms with Crippen molar-refractivity contribution in [2.45, 2.75) is 24.2 Å². The van der Waals surface area contributed by atoms with Crippen molar-refractivity contribution in [1.82, 2.24) is 19.1 Å². The number of pyridine rings is 2. The number of methoxy groups -OCH3 is 1. The summed E-state index contributed by atoms with van der Waals surface area (Å²) in [6.07, 6.45) is -3.80. The van der Waals surface area contributed by atoms with Gasteiger partial charge >= 0.3 is 6.18 Å². The fraction of sp³-hybridized carbons (Fsp3) is 0.200. The van der Waals surface area contributed by atoms with E-state index in [1.54, 1.807) is 0 Å². The Morgan fingerprint density at radius 2 is 1.83 bits per heavy atom. The molecule has 3 heterocycles. The third-order valence-electron chi connectivity index (χ3n) is 5.09. The second-order valence-electron chi connectivity index (χ2n) is 7.28. The Hall–Kier alpha value is -3.14. The van der Waals surface area contributed by atoms with Crippen molar-refractivity contribution < 1.29 is 31.2 Å². The first-order chi connectivity index (χ1) is 16.4. The van der Waals surface area contributed by atoms with Gasteiger partial charge in [0.25, 0.3) is 5.56 Å². The lowest BCUT2D eigenvalue weighted by Gasteiger charge is -2.19. The maximum Gasteiger partial charge on any atom is 0.406 e. The first-order valence-electron chi connectivity index (χ1n) is 9.59. The standard InChI is InChI=1S/C20H14F5N5O3S2/c1-33-15-3-2-10-16-11(6-27-17(10)28-15)18(31)30(8-20(23,24)25)19(34)29(16)7-12-13(21)4-9(35(26)32)5-14(12)22/h2-6H,7-8,26H2,1H3. The quantitative estimate of drug-likeness (QED) is 0.182. The van der Waals surface area contributed by atoms with Gasteiger partial charge in [0.2, 0.25) is 5.88 Å². The van der Waals surface area contributed by atoms with Crippen molar-refractivity contribution >= 4 is 45.5 Å². The highest BCUT2D eigenvalue weighted by molar-refractivity contribution is 7.89. The van der Waals surface area contributed by atoms with Crippen LogP contribution in [0.25, 0.3) is 21.9 Å². The van der Waals surface area contributed by atoms with E-state index in [0.29, 0.717) is 0 Å². The maximum absolute atomic E-state index is 14.8. The van der Waals surface area contributed by atoms with Gasteiger partial charge in [0.15, 0.2) is 15.3 Å². The summed E-state index contributed by atoms with van der Waals surface area (Å²) in [4.78, 5) is 20.8. The molecule has 1 aromatic carbocycles. The first kappa shape index (κ1) is 25.0. The molecule has 0 aliphatic rings. The Bertz CT molecular complexity index is 1560. The molecule has 8 nitrogen and oxygen atoms in total. The maximum atomic E-state index is 14.8. The zero-order chi connectivity index (χ0) is 25.7. The van der Waals surface area contributed by atoms with Crippen LogP contribution in [0.1, 0.15) is 5.56 Å². The lowest BCUT2D eigenvalue weighted by atomic mass is 10.1. The molecule has 35 heavy (non-hydrogen) atoms. The second-order valence-corrected chi connectivity index (χ2v) is 8.71. The number of alkyl halides is 3. The average Bonchev–Trinajstić information content (AvgIpc) is 2.79. The minimum Gasteiger partial charge on any atom is -0.593 e. The number of fused-ring (bicyclic) bond motifs is 3. The summed E-state index contributed by atoms with van der Waals surface area (Å²) >= 11 is 3.01. The molecular formula is C20H14F5N5O3S2. The number of hydrogen-bond donors (Lipinski definition) is 1. The van der Waals surface area contributed by atoms with Crippen molar-refractivity contribution in [3.05, 3.63) is 62.8 Å². The lowest BCUT2D eigenvalue weighted by Crippen LogP contribution is -2.32. The Morgan fingerprint density at radius 3 is 2.40 bits per heavy atom. The number of nitrogens with two attached hydrogens (primary N) is 1. The number of ether oxygens (including phenoxy) is 1. The van der Waals surface area contributed by atoms with E-state index in [9.17, 15) is 31.3 Å². The number of hydrogen-bond acceptors (Lipinski definition) is 7. The minimum absolute atomic E-state index is 0.0242. The van der Waals surface area contributed by atoms with Crippen molar-refractivity contribution in [2.75, 3.05) is 7.11 Å². The minimum atomic E-state index is -4.81. The Labute approximate surface area is 201 Å². The molecule has 0 radical (unpaired) electrons. The molecule has 0 bridgehead atoms. The summed E-state index contributed by atoms with van der Waals surface area (Å²) in [7, 11) is 1.36. The van der Waals surface area contributed by atoms with Gasteiger partial charge in [-0.2, -0.15) is 18.2 Å². The van der Waals surface area contributed by atoms with Gasteiger partial charge in [-0.1, -0.05) is 0 Å². The molecule has 1 atom stereocenters. The van der Waals surface area contributed by atoms with Gasteiger partial charge in [-0.3, -0.25) is 9.36 Å². The topological polar surface area (TPSA) is 111 Å². The van der Waals surface area contributed by atoms with Gasteiger partial charge in [0.1, 0.15) is 18.2 Å². The molecule has 0 fully saturated rings. The smallest absolute Gasteiger partial charge is 0.406 e. The number of halogens is 5. The van der Waals surface area contributed by atoms with Crippen LogP contribution in [0, 0.1) is 16.4 Å². The molecule has 0 spiro atoms. The van der Waals surface area contributed by atoms with Gasteiger partial charge in [0.05, 0.1) is 35.9 Å². The molecule has 4 rings (SSSR count). The lowest BCUT2D eigenvalue weighted by molar-refractivity contribution is -0.141. The molecule has 15 heteroatoms. The van der Waals surface area contributed by atoms with Crippen LogP contribution in [0.5, 0.6) is 5.88 Å². The van der Waals surface area contributed by atoms with E-state index >= 15 is 0 Å².